The van der Waals surface area contributed by atoms with E-state index in [4.69, 9.17) is 11.5 Å². The van der Waals surface area contributed by atoms with Crippen molar-refractivity contribution in [1.29, 1.82) is 0 Å². The molecule has 1 aliphatic carbocycles. The summed E-state index contributed by atoms with van der Waals surface area (Å²) in [5.41, 5.74) is 12.0. The second-order valence-electron chi connectivity index (χ2n) is 6.15. The molecule has 2 heterocycles. The van der Waals surface area contributed by atoms with Crippen molar-refractivity contribution in [3.63, 3.8) is 0 Å². The van der Waals surface area contributed by atoms with E-state index < -0.39 is 11.7 Å². The molecular formula is C17H21FN6O. The van der Waals surface area contributed by atoms with Gasteiger partial charge < -0.3 is 22.1 Å². The van der Waals surface area contributed by atoms with Gasteiger partial charge in [0, 0.05) is 18.3 Å². The van der Waals surface area contributed by atoms with Gasteiger partial charge in [0.2, 0.25) is 0 Å². The third-order valence-electron chi connectivity index (χ3n) is 4.31. The summed E-state index contributed by atoms with van der Waals surface area (Å²) < 4.78 is 14.4. The van der Waals surface area contributed by atoms with Crippen molar-refractivity contribution in [2.75, 3.05) is 10.6 Å². The average molecular weight is 344 g/mol. The number of hydrogen-bond donors (Lipinski definition) is 4. The third kappa shape index (κ3) is 4.03. The van der Waals surface area contributed by atoms with Crippen molar-refractivity contribution in [3.8, 4) is 0 Å². The molecule has 8 heteroatoms. The molecule has 7 nitrogen and oxygen atoms in total. The fraction of sp³-hybridized carbons (Fsp3) is 0.353. The average Bonchev–Trinajstić information content (AvgIpc) is 2.60. The van der Waals surface area contributed by atoms with Crippen LogP contribution in [-0.4, -0.2) is 28.0 Å². The zero-order valence-corrected chi connectivity index (χ0v) is 13.7. The van der Waals surface area contributed by atoms with Crippen LogP contribution < -0.4 is 22.1 Å². The molecule has 2 unspecified atom stereocenters. The smallest absolute Gasteiger partial charge is 0.252 e. The van der Waals surface area contributed by atoms with Gasteiger partial charge in [0.1, 0.15) is 5.82 Å². The van der Waals surface area contributed by atoms with E-state index in [1.54, 1.807) is 24.5 Å². The van der Waals surface area contributed by atoms with Gasteiger partial charge >= 0.3 is 0 Å². The van der Waals surface area contributed by atoms with Gasteiger partial charge in [-0.15, -0.1) is 0 Å². The second kappa shape index (κ2) is 7.43. The quantitative estimate of drug-likeness (QED) is 0.660. The number of amides is 1. The number of nitrogens with one attached hydrogen (secondary N) is 2. The highest BCUT2D eigenvalue weighted by Gasteiger charge is 2.24. The van der Waals surface area contributed by atoms with Gasteiger partial charge in [-0.1, -0.05) is 12.8 Å². The normalized spacial score (nSPS) is 20.1. The lowest BCUT2D eigenvalue weighted by Crippen LogP contribution is -2.43. The molecule has 0 aromatic carbocycles. The molecule has 1 amide bonds. The molecular weight excluding hydrogens is 323 g/mol. The first-order chi connectivity index (χ1) is 12.0. The molecule has 2 aromatic heterocycles. The van der Waals surface area contributed by atoms with Crippen molar-refractivity contribution >= 4 is 23.2 Å². The van der Waals surface area contributed by atoms with Crippen molar-refractivity contribution in [2.45, 2.75) is 37.8 Å². The van der Waals surface area contributed by atoms with Crippen LogP contribution in [-0.2, 0) is 0 Å². The van der Waals surface area contributed by atoms with Gasteiger partial charge in [-0.25, -0.2) is 9.37 Å². The molecule has 1 fully saturated rings. The van der Waals surface area contributed by atoms with Crippen LogP contribution in [0.2, 0.25) is 0 Å². The van der Waals surface area contributed by atoms with Crippen molar-refractivity contribution in [3.05, 3.63) is 42.0 Å². The Hall–Kier alpha value is -2.74. The predicted octanol–water partition coefficient (Wildman–Crippen LogP) is 2.14. The highest BCUT2D eigenvalue weighted by Crippen LogP contribution is 2.26. The molecule has 0 aliphatic heterocycles. The van der Waals surface area contributed by atoms with E-state index in [2.05, 4.69) is 20.6 Å². The largest absolute Gasteiger partial charge is 0.365 e. The van der Waals surface area contributed by atoms with Crippen molar-refractivity contribution in [2.24, 2.45) is 11.5 Å². The molecule has 1 saturated carbocycles. The Morgan fingerprint density at radius 2 is 2.08 bits per heavy atom. The van der Waals surface area contributed by atoms with Crippen molar-refractivity contribution in [1.82, 2.24) is 9.97 Å². The Morgan fingerprint density at radius 1 is 1.28 bits per heavy atom. The lowest BCUT2D eigenvalue weighted by atomic mass is 9.91. The molecule has 0 radical (unpaired) electrons. The number of pyridine rings is 2. The van der Waals surface area contributed by atoms with E-state index in [0.717, 1.165) is 31.7 Å². The number of hydrogen-bond acceptors (Lipinski definition) is 6. The summed E-state index contributed by atoms with van der Waals surface area (Å²) in [6.45, 7) is 0. The Kier molecular flexibility index (Phi) is 5.08. The number of nitrogens with two attached hydrogens (primary N) is 2. The number of carbonyl (C=O) groups excluding carboxylic acids is 1. The standard InChI is InChI=1S/C17H21FN6O/c18-12-8-11(15(20)25)16(22-10-4-3-7-21-9-10)24-17(12)23-14-6-2-1-5-13(14)19/h3-4,7-9,13-14H,1-2,5-6,19H2,(H2,20,25)(H2,22,23,24). The first-order valence-corrected chi connectivity index (χ1v) is 8.24. The molecule has 25 heavy (non-hydrogen) atoms. The summed E-state index contributed by atoms with van der Waals surface area (Å²) >= 11 is 0. The Morgan fingerprint density at radius 3 is 2.76 bits per heavy atom. The zero-order chi connectivity index (χ0) is 17.8. The van der Waals surface area contributed by atoms with Crippen LogP contribution >= 0.6 is 0 Å². The van der Waals surface area contributed by atoms with Gasteiger partial charge in [0.05, 0.1) is 17.4 Å². The summed E-state index contributed by atoms with van der Waals surface area (Å²) in [7, 11) is 0. The molecule has 0 spiro atoms. The van der Waals surface area contributed by atoms with Gasteiger partial charge in [0.25, 0.3) is 5.91 Å². The Bertz CT molecular complexity index is 754. The van der Waals surface area contributed by atoms with Gasteiger partial charge in [-0.2, -0.15) is 0 Å². The maximum absolute atomic E-state index is 14.4. The summed E-state index contributed by atoms with van der Waals surface area (Å²) in [6, 6.07) is 4.47. The molecule has 6 N–H and O–H groups in total. The number of aromatic nitrogens is 2. The molecule has 2 aromatic rings. The van der Waals surface area contributed by atoms with Crippen LogP contribution in [0, 0.1) is 5.82 Å². The minimum Gasteiger partial charge on any atom is -0.365 e. The molecule has 3 rings (SSSR count). The molecule has 132 valence electrons. The maximum Gasteiger partial charge on any atom is 0.252 e. The Labute approximate surface area is 145 Å². The number of primary amides is 1. The van der Waals surface area contributed by atoms with Crippen LogP contribution in [0.3, 0.4) is 0 Å². The van der Waals surface area contributed by atoms with E-state index in [1.165, 1.54) is 0 Å². The van der Waals surface area contributed by atoms with Crippen LogP contribution in [0.5, 0.6) is 0 Å². The highest BCUT2D eigenvalue weighted by molar-refractivity contribution is 5.98. The lowest BCUT2D eigenvalue weighted by Gasteiger charge is -2.30. The lowest BCUT2D eigenvalue weighted by molar-refractivity contribution is 0.100. The van der Waals surface area contributed by atoms with Crippen LogP contribution in [0.25, 0.3) is 0 Å². The van der Waals surface area contributed by atoms with Crippen LogP contribution in [0.4, 0.5) is 21.7 Å². The zero-order valence-electron chi connectivity index (χ0n) is 13.7. The van der Waals surface area contributed by atoms with E-state index in [1.807, 2.05) is 0 Å². The van der Waals surface area contributed by atoms with Crippen LogP contribution in [0.1, 0.15) is 36.0 Å². The highest BCUT2D eigenvalue weighted by atomic mass is 19.1. The van der Waals surface area contributed by atoms with Gasteiger partial charge in [0.15, 0.2) is 11.6 Å². The monoisotopic (exact) mass is 344 g/mol. The van der Waals surface area contributed by atoms with Gasteiger partial charge in [-0.3, -0.25) is 9.78 Å². The van der Waals surface area contributed by atoms with Crippen molar-refractivity contribution < 1.29 is 9.18 Å². The summed E-state index contributed by atoms with van der Waals surface area (Å²) in [6.07, 6.45) is 7.04. The summed E-state index contributed by atoms with van der Waals surface area (Å²) in [5, 5.41) is 6.03. The van der Waals surface area contributed by atoms with Gasteiger partial charge in [-0.05, 0) is 31.0 Å². The third-order valence-corrected chi connectivity index (χ3v) is 4.31. The SMILES string of the molecule is NC(=O)c1cc(F)c(NC2CCCCC2N)nc1Nc1cccnc1. The first kappa shape index (κ1) is 17.1. The van der Waals surface area contributed by atoms with E-state index in [-0.39, 0.29) is 29.3 Å². The number of nitrogens with zero attached hydrogens (tertiary/aromatic N) is 2. The van der Waals surface area contributed by atoms with E-state index in [9.17, 15) is 9.18 Å². The van der Waals surface area contributed by atoms with E-state index >= 15 is 0 Å². The minimum absolute atomic E-state index is 0.0279. The number of anilines is 3. The minimum atomic E-state index is -0.765. The Balaban J connectivity index is 1.91. The topological polar surface area (TPSA) is 119 Å². The molecule has 1 aliphatic rings. The summed E-state index contributed by atoms with van der Waals surface area (Å²) in [5.74, 6) is -1.17. The van der Waals surface area contributed by atoms with E-state index in [0.29, 0.717) is 5.69 Å². The number of carbonyl (C=O) groups is 1. The second-order valence-corrected chi connectivity index (χ2v) is 6.15. The fourth-order valence-electron chi connectivity index (χ4n) is 2.96. The fourth-order valence-corrected chi connectivity index (χ4v) is 2.96. The predicted molar refractivity (Wildman–Crippen MR) is 94.1 cm³/mol. The van der Waals surface area contributed by atoms with Crippen LogP contribution in [0.15, 0.2) is 30.6 Å². The summed E-state index contributed by atoms with van der Waals surface area (Å²) in [4.78, 5) is 19.9. The number of halogens is 1. The molecule has 0 saturated heterocycles. The molecule has 2 atom stereocenters. The first-order valence-electron chi connectivity index (χ1n) is 8.24. The number of rotatable bonds is 5. The maximum atomic E-state index is 14.4. The molecule has 0 bridgehead atoms.